The molecule has 104 valence electrons. The summed E-state index contributed by atoms with van der Waals surface area (Å²) < 4.78 is 22.7. The zero-order valence-corrected chi connectivity index (χ0v) is 12.4. The number of halogens is 1. The van der Waals surface area contributed by atoms with Crippen molar-refractivity contribution in [3.63, 3.8) is 0 Å². The summed E-state index contributed by atoms with van der Waals surface area (Å²) in [7, 11) is -3.75. The molecule has 0 saturated heterocycles. The first kappa shape index (κ1) is 15.8. The Kier molecular flexibility index (Phi) is 5.67. The molecule has 0 aliphatic rings. The Bertz CT molecular complexity index is 587. The maximum absolute atomic E-state index is 11.5. The molecule has 0 spiro atoms. The number of rotatable bonds is 6. The van der Waals surface area contributed by atoms with E-state index in [1.54, 1.807) is 6.08 Å². The van der Waals surface area contributed by atoms with Gasteiger partial charge < -0.3 is 10.6 Å². The molecule has 6 nitrogen and oxygen atoms in total. The zero-order valence-electron chi connectivity index (χ0n) is 10.0. The first-order chi connectivity index (χ1) is 8.84. The zero-order chi connectivity index (χ0) is 14.5. The van der Waals surface area contributed by atoms with Gasteiger partial charge in [-0.05, 0) is 34.1 Å². The largest absolute Gasteiger partial charge is 0.324 e. The molecule has 0 bridgehead atoms. The highest BCUT2D eigenvalue weighted by Gasteiger charge is 2.11. The topological polar surface area (TPSA) is 101 Å². The lowest BCUT2D eigenvalue weighted by Crippen LogP contribution is -2.28. The molecule has 1 aromatic rings. The Morgan fingerprint density at radius 3 is 2.68 bits per heavy atom. The molecule has 0 aromatic heterocycles. The molecular formula is C11H14BrN3O3S. The van der Waals surface area contributed by atoms with E-state index in [4.69, 9.17) is 5.14 Å². The van der Waals surface area contributed by atoms with Gasteiger partial charge in [0.25, 0.3) is 0 Å². The van der Waals surface area contributed by atoms with Crippen molar-refractivity contribution in [1.29, 1.82) is 0 Å². The summed E-state index contributed by atoms with van der Waals surface area (Å²) >= 11 is 3.18. The van der Waals surface area contributed by atoms with Crippen molar-refractivity contribution in [2.45, 2.75) is 4.90 Å². The van der Waals surface area contributed by atoms with Crippen molar-refractivity contribution >= 4 is 37.5 Å². The second-order valence-corrected chi connectivity index (χ2v) is 6.07. The fraction of sp³-hybridized carbons (Fsp3) is 0.182. The number of sulfonamides is 1. The molecule has 1 amide bonds. The van der Waals surface area contributed by atoms with E-state index in [0.29, 0.717) is 16.7 Å². The number of carbonyl (C=O) groups is 1. The van der Waals surface area contributed by atoms with Crippen LogP contribution in [0.2, 0.25) is 0 Å². The summed E-state index contributed by atoms with van der Waals surface area (Å²) in [5.41, 5.74) is 0.470. The Morgan fingerprint density at radius 2 is 2.16 bits per heavy atom. The van der Waals surface area contributed by atoms with E-state index in [1.807, 2.05) is 0 Å². The molecule has 0 aliphatic carbocycles. The Morgan fingerprint density at radius 1 is 1.47 bits per heavy atom. The average molecular weight is 348 g/mol. The summed E-state index contributed by atoms with van der Waals surface area (Å²) in [6, 6.07) is 4.13. The van der Waals surface area contributed by atoms with E-state index >= 15 is 0 Å². The third-order valence-corrected chi connectivity index (χ3v) is 3.68. The maximum atomic E-state index is 11.5. The highest BCUT2D eigenvalue weighted by Crippen LogP contribution is 2.25. The van der Waals surface area contributed by atoms with Crippen LogP contribution in [-0.4, -0.2) is 27.4 Å². The van der Waals surface area contributed by atoms with Gasteiger partial charge in [-0.2, -0.15) is 0 Å². The van der Waals surface area contributed by atoms with Crippen LogP contribution in [0.25, 0.3) is 0 Å². The molecule has 1 aromatic carbocycles. The van der Waals surface area contributed by atoms with E-state index in [9.17, 15) is 13.2 Å². The molecule has 4 N–H and O–H groups in total. The predicted molar refractivity (Wildman–Crippen MR) is 77.2 cm³/mol. The minimum Gasteiger partial charge on any atom is -0.324 e. The standard InChI is InChI=1S/C11H14BrN3O3S/c1-2-5-14-7-11(16)15-10-4-3-8(6-9(10)12)19(13,17)18/h2-4,6,14H,1,5,7H2,(H,15,16)(H2,13,17,18). The quantitative estimate of drug-likeness (QED) is 0.523. The van der Waals surface area contributed by atoms with Gasteiger partial charge in [0.1, 0.15) is 0 Å². The molecular weight excluding hydrogens is 334 g/mol. The Balaban J connectivity index is 2.75. The number of hydrogen-bond donors (Lipinski definition) is 3. The van der Waals surface area contributed by atoms with Gasteiger partial charge in [-0.25, -0.2) is 13.6 Å². The molecule has 0 heterocycles. The monoisotopic (exact) mass is 347 g/mol. The lowest BCUT2D eigenvalue weighted by atomic mass is 10.3. The van der Waals surface area contributed by atoms with Gasteiger partial charge in [0.2, 0.25) is 15.9 Å². The van der Waals surface area contributed by atoms with Crippen molar-refractivity contribution in [1.82, 2.24) is 5.32 Å². The molecule has 0 atom stereocenters. The van der Waals surface area contributed by atoms with Gasteiger partial charge in [-0.1, -0.05) is 6.08 Å². The third-order valence-electron chi connectivity index (χ3n) is 2.12. The summed E-state index contributed by atoms with van der Waals surface area (Å²) in [6.07, 6.45) is 1.64. The van der Waals surface area contributed by atoms with Gasteiger partial charge in [-0.15, -0.1) is 6.58 Å². The van der Waals surface area contributed by atoms with Crippen molar-refractivity contribution in [2.75, 3.05) is 18.4 Å². The molecule has 0 unspecified atom stereocenters. The fourth-order valence-electron chi connectivity index (χ4n) is 1.26. The molecule has 19 heavy (non-hydrogen) atoms. The highest BCUT2D eigenvalue weighted by atomic mass is 79.9. The van der Waals surface area contributed by atoms with Gasteiger partial charge in [0.05, 0.1) is 17.1 Å². The number of amides is 1. The van der Waals surface area contributed by atoms with E-state index in [2.05, 4.69) is 33.1 Å². The molecule has 0 aliphatic heterocycles. The predicted octanol–water partition coefficient (Wildman–Crippen LogP) is 0.811. The number of nitrogens with one attached hydrogen (secondary N) is 2. The van der Waals surface area contributed by atoms with Crippen molar-refractivity contribution in [2.24, 2.45) is 5.14 Å². The van der Waals surface area contributed by atoms with Crippen molar-refractivity contribution < 1.29 is 13.2 Å². The number of nitrogens with two attached hydrogens (primary N) is 1. The minimum atomic E-state index is -3.75. The van der Waals surface area contributed by atoms with Crippen molar-refractivity contribution in [3.05, 3.63) is 35.3 Å². The van der Waals surface area contributed by atoms with E-state index in [-0.39, 0.29) is 17.3 Å². The second kappa shape index (κ2) is 6.80. The summed E-state index contributed by atoms with van der Waals surface area (Å²) in [4.78, 5) is 11.5. The number of carbonyl (C=O) groups excluding carboxylic acids is 1. The second-order valence-electron chi connectivity index (χ2n) is 3.65. The van der Waals surface area contributed by atoms with Crippen LogP contribution in [0, 0.1) is 0 Å². The lowest BCUT2D eigenvalue weighted by Gasteiger charge is -2.08. The first-order valence-electron chi connectivity index (χ1n) is 5.28. The van der Waals surface area contributed by atoms with Crippen LogP contribution in [0.3, 0.4) is 0 Å². The van der Waals surface area contributed by atoms with Gasteiger partial charge in [0.15, 0.2) is 0 Å². The first-order valence-corrected chi connectivity index (χ1v) is 7.62. The molecule has 1 rings (SSSR count). The average Bonchev–Trinajstić information content (AvgIpc) is 2.31. The highest BCUT2D eigenvalue weighted by molar-refractivity contribution is 9.10. The number of primary sulfonamides is 1. The number of anilines is 1. The molecule has 0 fully saturated rings. The molecule has 0 saturated carbocycles. The number of benzene rings is 1. The van der Waals surface area contributed by atoms with Gasteiger partial charge in [0, 0.05) is 11.0 Å². The van der Waals surface area contributed by atoms with Crippen LogP contribution in [-0.2, 0) is 14.8 Å². The van der Waals surface area contributed by atoms with E-state index in [1.165, 1.54) is 18.2 Å². The lowest BCUT2D eigenvalue weighted by molar-refractivity contribution is -0.115. The minimum absolute atomic E-state index is 0.0258. The maximum Gasteiger partial charge on any atom is 0.238 e. The fourth-order valence-corrected chi connectivity index (χ4v) is 2.43. The smallest absolute Gasteiger partial charge is 0.238 e. The third kappa shape index (κ3) is 5.11. The molecule has 8 heteroatoms. The van der Waals surface area contributed by atoms with Crippen LogP contribution in [0.1, 0.15) is 0 Å². The number of hydrogen-bond acceptors (Lipinski definition) is 4. The summed E-state index contributed by atoms with van der Waals surface area (Å²) in [5.74, 6) is -0.245. The van der Waals surface area contributed by atoms with Crippen LogP contribution < -0.4 is 15.8 Å². The summed E-state index contributed by atoms with van der Waals surface area (Å²) in [6.45, 7) is 4.18. The van der Waals surface area contributed by atoms with E-state index in [0.717, 1.165) is 0 Å². The Hall–Kier alpha value is -1.22. The SMILES string of the molecule is C=CCNCC(=O)Nc1ccc(S(N)(=O)=O)cc1Br. The van der Waals surface area contributed by atoms with Crippen molar-refractivity contribution in [3.8, 4) is 0 Å². The van der Waals surface area contributed by atoms with Crippen LogP contribution >= 0.6 is 15.9 Å². The van der Waals surface area contributed by atoms with Crippen LogP contribution in [0.4, 0.5) is 5.69 Å². The normalized spacial score (nSPS) is 11.1. The van der Waals surface area contributed by atoms with Gasteiger partial charge in [-0.3, -0.25) is 4.79 Å². The molecule has 0 radical (unpaired) electrons. The van der Waals surface area contributed by atoms with Crippen LogP contribution in [0.5, 0.6) is 0 Å². The summed E-state index contributed by atoms with van der Waals surface area (Å²) in [5, 5.41) is 10.5. The van der Waals surface area contributed by atoms with Crippen LogP contribution in [0.15, 0.2) is 40.2 Å². The van der Waals surface area contributed by atoms with Gasteiger partial charge >= 0.3 is 0 Å². The van der Waals surface area contributed by atoms with E-state index < -0.39 is 10.0 Å². The Labute approximate surface area is 120 Å².